The van der Waals surface area contributed by atoms with Crippen molar-refractivity contribution >= 4 is 25.5 Å². The zero-order valence-electron chi connectivity index (χ0n) is 17.3. The van der Waals surface area contributed by atoms with E-state index in [9.17, 15) is 16.8 Å². The summed E-state index contributed by atoms with van der Waals surface area (Å²) in [5.41, 5.74) is 3.83. The molecule has 1 saturated heterocycles. The minimum absolute atomic E-state index is 0.0532. The Morgan fingerprint density at radius 1 is 0.862 bits per heavy atom. The molecule has 1 fully saturated rings. The molecule has 0 radical (unpaired) electrons. The maximum Gasteiger partial charge on any atom is 0.235 e. The van der Waals surface area contributed by atoms with Gasteiger partial charge < -0.3 is 0 Å². The molecule has 5 nitrogen and oxygen atoms in total. The highest BCUT2D eigenvalue weighted by atomic mass is 32.2. The van der Waals surface area contributed by atoms with E-state index in [-0.39, 0.29) is 11.5 Å². The third-order valence-electron chi connectivity index (χ3n) is 5.34. The molecule has 29 heavy (non-hydrogen) atoms. The van der Waals surface area contributed by atoms with Gasteiger partial charge in [0.05, 0.1) is 21.9 Å². The normalized spacial score (nSPS) is 16.9. The average Bonchev–Trinajstić information content (AvgIpc) is 2.99. The Balaban J connectivity index is 1.59. The first-order valence-electron chi connectivity index (χ1n) is 9.87. The lowest BCUT2D eigenvalue weighted by molar-refractivity contribution is 0.559. The molecule has 1 heterocycles. The van der Waals surface area contributed by atoms with Crippen LogP contribution in [-0.2, 0) is 38.5 Å². The molecule has 0 spiro atoms. The topological polar surface area (TPSA) is 71.5 Å². The van der Waals surface area contributed by atoms with Gasteiger partial charge in [0, 0.05) is 6.54 Å². The van der Waals surface area contributed by atoms with Crippen LogP contribution < -0.4 is 4.31 Å². The number of hydrogen-bond donors (Lipinski definition) is 0. The molecule has 0 unspecified atom stereocenters. The van der Waals surface area contributed by atoms with E-state index in [2.05, 4.69) is 0 Å². The first-order valence-corrected chi connectivity index (χ1v) is 13.1. The molecule has 7 heteroatoms. The highest BCUT2D eigenvalue weighted by molar-refractivity contribution is 7.93. The first kappa shape index (κ1) is 21.8. The van der Waals surface area contributed by atoms with Crippen LogP contribution in [0.2, 0.25) is 0 Å². The van der Waals surface area contributed by atoms with Crippen LogP contribution in [0.1, 0.15) is 43.9 Å². The quantitative estimate of drug-likeness (QED) is 0.693. The SMILES string of the molecule is CC(C)(C)S(=O)(=O)Cc1ccc(CCc2ccc(N3CCCS3(=O)=O)cc2)cc1. The second-order valence-electron chi connectivity index (χ2n) is 8.60. The van der Waals surface area contributed by atoms with Gasteiger partial charge in [-0.2, -0.15) is 0 Å². The van der Waals surface area contributed by atoms with Crippen molar-refractivity contribution in [1.82, 2.24) is 0 Å². The van der Waals surface area contributed by atoms with Crippen LogP contribution in [0.25, 0.3) is 0 Å². The molecule has 0 aliphatic carbocycles. The van der Waals surface area contributed by atoms with Crippen molar-refractivity contribution in [3.63, 3.8) is 0 Å². The first-order chi connectivity index (χ1) is 13.5. The molecule has 0 aromatic heterocycles. The second-order valence-corrected chi connectivity index (χ2v) is 13.4. The summed E-state index contributed by atoms with van der Waals surface area (Å²) in [6, 6.07) is 15.5. The van der Waals surface area contributed by atoms with E-state index in [1.54, 1.807) is 20.8 Å². The van der Waals surface area contributed by atoms with Crippen LogP contribution in [0.4, 0.5) is 5.69 Å². The van der Waals surface area contributed by atoms with E-state index in [4.69, 9.17) is 0 Å². The van der Waals surface area contributed by atoms with Crippen molar-refractivity contribution in [3.05, 3.63) is 65.2 Å². The van der Waals surface area contributed by atoms with Gasteiger partial charge in [-0.1, -0.05) is 36.4 Å². The lowest BCUT2D eigenvalue weighted by Gasteiger charge is -2.19. The van der Waals surface area contributed by atoms with Gasteiger partial charge in [0.25, 0.3) is 0 Å². The van der Waals surface area contributed by atoms with E-state index in [1.165, 1.54) is 4.31 Å². The summed E-state index contributed by atoms with van der Waals surface area (Å²) in [6.07, 6.45) is 2.36. The van der Waals surface area contributed by atoms with Crippen LogP contribution in [0.5, 0.6) is 0 Å². The maximum absolute atomic E-state index is 12.3. The summed E-state index contributed by atoms with van der Waals surface area (Å²) >= 11 is 0. The van der Waals surface area contributed by atoms with Gasteiger partial charge in [-0.15, -0.1) is 0 Å². The summed E-state index contributed by atoms with van der Waals surface area (Å²) in [5, 5.41) is 0. The Kier molecular flexibility index (Phi) is 6.11. The van der Waals surface area contributed by atoms with Gasteiger partial charge in [-0.25, -0.2) is 16.8 Å². The highest BCUT2D eigenvalue weighted by Crippen LogP contribution is 2.25. The molecule has 0 atom stereocenters. The van der Waals surface area contributed by atoms with E-state index in [0.29, 0.717) is 13.0 Å². The number of nitrogens with zero attached hydrogens (tertiary/aromatic N) is 1. The smallest absolute Gasteiger partial charge is 0.235 e. The van der Waals surface area contributed by atoms with Gasteiger partial charge in [0.1, 0.15) is 0 Å². The Bertz CT molecular complexity index is 1050. The predicted molar refractivity (Wildman–Crippen MR) is 118 cm³/mol. The number of anilines is 1. The van der Waals surface area contributed by atoms with Crippen molar-refractivity contribution < 1.29 is 16.8 Å². The fourth-order valence-corrected chi connectivity index (χ4v) is 5.91. The molecule has 1 aliphatic heterocycles. The largest absolute Gasteiger partial charge is 0.270 e. The van der Waals surface area contributed by atoms with Crippen molar-refractivity contribution in [1.29, 1.82) is 0 Å². The van der Waals surface area contributed by atoms with Crippen molar-refractivity contribution in [2.75, 3.05) is 16.6 Å². The molecule has 2 aromatic carbocycles. The molecule has 3 rings (SSSR count). The Morgan fingerprint density at radius 3 is 1.79 bits per heavy atom. The summed E-state index contributed by atoms with van der Waals surface area (Å²) in [7, 11) is -6.33. The zero-order chi connectivity index (χ0) is 21.3. The van der Waals surface area contributed by atoms with Crippen LogP contribution in [0.3, 0.4) is 0 Å². The summed E-state index contributed by atoms with van der Waals surface area (Å²) < 4.78 is 49.4. The van der Waals surface area contributed by atoms with Crippen LogP contribution in [-0.4, -0.2) is 33.9 Å². The number of rotatable bonds is 6. The van der Waals surface area contributed by atoms with Crippen molar-refractivity contribution in [3.8, 4) is 0 Å². The van der Waals surface area contributed by atoms with Crippen LogP contribution >= 0.6 is 0 Å². The molecule has 1 aliphatic rings. The molecule has 0 saturated carbocycles. The van der Waals surface area contributed by atoms with Crippen LogP contribution in [0.15, 0.2) is 48.5 Å². The molecule has 2 aromatic rings. The lowest BCUT2D eigenvalue weighted by atomic mass is 10.0. The second kappa shape index (κ2) is 8.11. The summed E-state index contributed by atoms with van der Waals surface area (Å²) in [4.78, 5) is 0. The van der Waals surface area contributed by atoms with E-state index in [1.807, 2.05) is 48.5 Å². The van der Waals surface area contributed by atoms with Crippen LogP contribution in [0, 0.1) is 0 Å². The lowest BCUT2D eigenvalue weighted by Crippen LogP contribution is -2.29. The van der Waals surface area contributed by atoms with Crippen molar-refractivity contribution in [2.24, 2.45) is 0 Å². The highest BCUT2D eigenvalue weighted by Gasteiger charge is 2.29. The predicted octanol–water partition coefficient (Wildman–Crippen LogP) is 3.73. The molecule has 0 amide bonds. The summed E-state index contributed by atoms with van der Waals surface area (Å²) in [5.74, 6) is 0.277. The standard InChI is InChI=1S/C22H29NO4S2/c1-22(2,3)28(24,25)17-20-9-7-18(8-10-20)5-6-19-11-13-21(14-12-19)23-15-4-16-29(23,26)27/h7-14H,4-6,15-17H2,1-3H3. The fourth-order valence-electron chi connectivity index (χ4n) is 3.29. The van der Waals surface area contributed by atoms with Crippen molar-refractivity contribution in [2.45, 2.75) is 50.5 Å². The zero-order valence-corrected chi connectivity index (χ0v) is 18.9. The Labute approximate surface area is 174 Å². The van der Waals surface area contributed by atoms with Gasteiger partial charge in [-0.3, -0.25) is 4.31 Å². The number of benzene rings is 2. The van der Waals surface area contributed by atoms with Gasteiger partial charge in [0.15, 0.2) is 9.84 Å². The number of aryl methyl sites for hydroxylation is 2. The minimum Gasteiger partial charge on any atom is -0.270 e. The molecule has 0 bridgehead atoms. The minimum atomic E-state index is -3.19. The summed E-state index contributed by atoms with van der Waals surface area (Å²) in [6.45, 7) is 5.72. The average molecular weight is 436 g/mol. The van der Waals surface area contributed by atoms with E-state index in [0.717, 1.165) is 35.2 Å². The van der Waals surface area contributed by atoms with Gasteiger partial charge >= 0.3 is 0 Å². The van der Waals surface area contributed by atoms with E-state index < -0.39 is 24.6 Å². The van der Waals surface area contributed by atoms with Gasteiger partial charge in [-0.05, 0) is 68.9 Å². The molecule has 0 N–H and O–H groups in total. The Morgan fingerprint density at radius 2 is 1.34 bits per heavy atom. The Hall–Kier alpha value is -1.86. The molecular weight excluding hydrogens is 406 g/mol. The van der Waals surface area contributed by atoms with Gasteiger partial charge in [0.2, 0.25) is 10.0 Å². The molecule has 158 valence electrons. The number of sulfone groups is 1. The number of sulfonamides is 1. The third-order valence-corrected chi connectivity index (χ3v) is 9.79. The monoisotopic (exact) mass is 435 g/mol. The number of hydrogen-bond acceptors (Lipinski definition) is 4. The fraction of sp³-hybridized carbons (Fsp3) is 0.455. The maximum atomic E-state index is 12.3. The molecular formula is C22H29NO4S2. The van der Waals surface area contributed by atoms with E-state index >= 15 is 0 Å². The third kappa shape index (κ3) is 5.20.